The van der Waals surface area contributed by atoms with Crippen LogP contribution in [0.25, 0.3) is 0 Å². The van der Waals surface area contributed by atoms with Gasteiger partial charge in [-0.25, -0.2) is 0 Å². The molecule has 0 saturated heterocycles. The van der Waals surface area contributed by atoms with Gasteiger partial charge in [-0.05, 0) is 0 Å². The number of amides is 2. The van der Waals surface area contributed by atoms with E-state index in [0.29, 0.717) is 0 Å². The van der Waals surface area contributed by atoms with E-state index in [4.69, 9.17) is 4.74 Å². The summed E-state index contributed by atoms with van der Waals surface area (Å²) in [4.78, 5) is 34.2. The zero-order chi connectivity index (χ0) is 11.4. The van der Waals surface area contributed by atoms with Crippen molar-refractivity contribution in [2.24, 2.45) is 5.92 Å². The molecule has 0 aromatic carbocycles. The smallest absolute Gasteiger partial charge is 0.308 e. The first-order valence-electron chi connectivity index (χ1n) is 4.72. The Hall–Kier alpha value is -1.65. The first kappa shape index (κ1) is 11.4. The standard InChI is InChI=1S/C10H13NO4/c1-7(2)10(14)15-6-5-11-8(12)3-4-9(11)13/h3-4,7H,5-6H2,1-2H3. The van der Waals surface area contributed by atoms with Gasteiger partial charge in [0.2, 0.25) is 0 Å². The SMILES string of the molecule is CC(C)C(=O)OCCN1C(=O)C=CC1=O. The molecule has 1 heterocycles. The fraction of sp³-hybridized carbons (Fsp3) is 0.500. The molecule has 1 aliphatic heterocycles. The summed E-state index contributed by atoms with van der Waals surface area (Å²) in [6, 6.07) is 0. The van der Waals surface area contributed by atoms with E-state index in [2.05, 4.69) is 0 Å². The number of rotatable bonds is 4. The minimum absolute atomic E-state index is 0.0518. The average Bonchev–Trinajstić information content (AvgIpc) is 2.48. The molecule has 0 aromatic heterocycles. The van der Waals surface area contributed by atoms with Gasteiger partial charge in [0.1, 0.15) is 6.61 Å². The molecule has 1 aliphatic rings. The number of carbonyl (C=O) groups excluding carboxylic acids is 3. The lowest BCUT2D eigenvalue weighted by atomic mass is 10.2. The van der Waals surface area contributed by atoms with E-state index < -0.39 is 0 Å². The number of imide groups is 1. The summed E-state index contributed by atoms with van der Waals surface area (Å²) < 4.78 is 4.85. The maximum atomic E-state index is 11.1. The third-order valence-corrected chi connectivity index (χ3v) is 1.93. The van der Waals surface area contributed by atoms with Crippen LogP contribution in [0.2, 0.25) is 0 Å². The van der Waals surface area contributed by atoms with E-state index in [0.717, 1.165) is 4.90 Å². The van der Waals surface area contributed by atoms with Crippen LogP contribution < -0.4 is 0 Å². The largest absolute Gasteiger partial charge is 0.464 e. The van der Waals surface area contributed by atoms with Gasteiger partial charge in [-0.15, -0.1) is 0 Å². The number of ether oxygens (including phenoxy) is 1. The molecule has 2 amide bonds. The van der Waals surface area contributed by atoms with Crippen LogP contribution in [0.15, 0.2) is 12.2 Å². The fourth-order valence-corrected chi connectivity index (χ4v) is 1.06. The third-order valence-electron chi connectivity index (χ3n) is 1.93. The molecule has 82 valence electrons. The fourth-order valence-electron chi connectivity index (χ4n) is 1.06. The molecule has 0 radical (unpaired) electrons. The van der Waals surface area contributed by atoms with Crippen molar-refractivity contribution in [1.82, 2.24) is 4.90 Å². The Morgan fingerprint density at radius 1 is 1.33 bits per heavy atom. The van der Waals surface area contributed by atoms with E-state index in [1.165, 1.54) is 12.2 Å². The van der Waals surface area contributed by atoms with Crippen molar-refractivity contribution >= 4 is 17.8 Å². The first-order valence-corrected chi connectivity index (χ1v) is 4.72. The van der Waals surface area contributed by atoms with Gasteiger partial charge in [0.15, 0.2) is 0 Å². The molecule has 0 saturated carbocycles. The molecule has 0 bridgehead atoms. The number of esters is 1. The Balaban J connectivity index is 2.30. The lowest BCUT2D eigenvalue weighted by Crippen LogP contribution is -2.34. The molecule has 1 rings (SSSR count). The van der Waals surface area contributed by atoms with Crippen molar-refractivity contribution in [2.75, 3.05) is 13.2 Å². The summed E-state index contributed by atoms with van der Waals surface area (Å²) in [5.74, 6) is -1.25. The second-order valence-corrected chi connectivity index (χ2v) is 3.48. The van der Waals surface area contributed by atoms with Gasteiger partial charge < -0.3 is 4.74 Å². The quantitative estimate of drug-likeness (QED) is 0.489. The molecular weight excluding hydrogens is 198 g/mol. The zero-order valence-electron chi connectivity index (χ0n) is 8.73. The molecule has 0 aliphatic carbocycles. The molecule has 5 nitrogen and oxygen atoms in total. The molecule has 15 heavy (non-hydrogen) atoms. The monoisotopic (exact) mass is 211 g/mol. The van der Waals surface area contributed by atoms with Crippen molar-refractivity contribution in [3.63, 3.8) is 0 Å². The summed E-state index contributed by atoms with van der Waals surface area (Å²) in [7, 11) is 0. The van der Waals surface area contributed by atoms with E-state index in [1.807, 2.05) is 0 Å². The summed E-state index contributed by atoms with van der Waals surface area (Å²) in [6.45, 7) is 3.60. The number of hydrogen-bond acceptors (Lipinski definition) is 4. The number of hydrogen-bond donors (Lipinski definition) is 0. The normalized spacial score (nSPS) is 15.3. The Bertz CT molecular complexity index is 301. The third kappa shape index (κ3) is 2.90. The maximum Gasteiger partial charge on any atom is 0.308 e. The highest BCUT2D eigenvalue weighted by atomic mass is 16.5. The predicted octanol–water partition coefficient (Wildman–Crippen LogP) is 0.111. The van der Waals surface area contributed by atoms with Crippen molar-refractivity contribution in [3.8, 4) is 0 Å². The van der Waals surface area contributed by atoms with Gasteiger partial charge in [0.05, 0.1) is 12.5 Å². The van der Waals surface area contributed by atoms with Gasteiger partial charge in [0, 0.05) is 12.2 Å². The summed E-state index contributed by atoms with van der Waals surface area (Å²) in [6.07, 6.45) is 2.40. The molecule has 0 aromatic rings. The Morgan fingerprint density at radius 2 is 1.87 bits per heavy atom. The van der Waals surface area contributed by atoms with Gasteiger partial charge in [0.25, 0.3) is 11.8 Å². The van der Waals surface area contributed by atoms with E-state index in [1.54, 1.807) is 13.8 Å². The molecule has 0 atom stereocenters. The minimum atomic E-state index is -0.361. The predicted molar refractivity (Wildman–Crippen MR) is 51.7 cm³/mol. The highest BCUT2D eigenvalue weighted by Gasteiger charge is 2.23. The minimum Gasteiger partial charge on any atom is -0.464 e. The number of carbonyl (C=O) groups is 3. The summed E-state index contributed by atoms with van der Waals surface area (Å²) in [5, 5.41) is 0. The highest BCUT2D eigenvalue weighted by molar-refractivity contribution is 6.12. The van der Waals surface area contributed by atoms with Crippen molar-refractivity contribution in [1.29, 1.82) is 0 Å². The first-order chi connectivity index (χ1) is 7.02. The van der Waals surface area contributed by atoms with Crippen LogP contribution in [0, 0.1) is 5.92 Å². The van der Waals surface area contributed by atoms with E-state index >= 15 is 0 Å². The van der Waals surface area contributed by atoms with Crippen LogP contribution in [0.5, 0.6) is 0 Å². The van der Waals surface area contributed by atoms with Crippen LogP contribution in [-0.2, 0) is 19.1 Å². The van der Waals surface area contributed by atoms with Crippen LogP contribution in [0.3, 0.4) is 0 Å². The van der Waals surface area contributed by atoms with Crippen LogP contribution in [0.4, 0.5) is 0 Å². The van der Waals surface area contributed by atoms with Gasteiger partial charge in [-0.1, -0.05) is 13.8 Å². The highest BCUT2D eigenvalue weighted by Crippen LogP contribution is 2.03. The lowest BCUT2D eigenvalue weighted by Gasteiger charge is -2.14. The van der Waals surface area contributed by atoms with Gasteiger partial charge >= 0.3 is 5.97 Å². The topological polar surface area (TPSA) is 63.7 Å². The van der Waals surface area contributed by atoms with Crippen molar-refractivity contribution < 1.29 is 19.1 Å². The zero-order valence-corrected chi connectivity index (χ0v) is 8.73. The Morgan fingerprint density at radius 3 is 2.33 bits per heavy atom. The number of nitrogens with zero attached hydrogens (tertiary/aromatic N) is 1. The molecule has 0 fully saturated rings. The van der Waals surface area contributed by atoms with Crippen LogP contribution in [0.1, 0.15) is 13.8 Å². The molecule has 0 spiro atoms. The van der Waals surface area contributed by atoms with Gasteiger partial charge in [-0.2, -0.15) is 0 Å². The van der Waals surface area contributed by atoms with E-state index in [-0.39, 0.29) is 36.9 Å². The van der Waals surface area contributed by atoms with E-state index in [9.17, 15) is 14.4 Å². The summed E-state index contributed by atoms with van der Waals surface area (Å²) >= 11 is 0. The Labute approximate surface area is 87.7 Å². The lowest BCUT2D eigenvalue weighted by molar-refractivity contribution is -0.150. The molecular formula is C10H13NO4. The molecule has 5 heteroatoms. The Kier molecular flexibility index (Phi) is 3.60. The average molecular weight is 211 g/mol. The second kappa shape index (κ2) is 4.72. The summed E-state index contributed by atoms with van der Waals surface area (Å²) in [5.41, 5.74) is 0. The van der Waals surface area contributed by atoms with Crippen molar-refractivity contribution in [3.05, 3.63) is 12.2 Å². The molecule has 0 unspecified atom stereocenters. The van der Waals surface area contributed by atoms with Gasteiger partial charge in [-0.3, -0.25) is 19.3 Å². The van der Waals surface area contributed by atoms with Crippen LogP contribution in [-0.4, -0.2) is 35.8 Å². The van der Waals surface area contributed by atoms with Crippen molar-refractivity contribution in [2.45, 2.75) is 13.8 Å². The van der Waals surface area contributed by atoms with Crippen LogP contribution >= 0.6 is 0 Å². The maximum absolute atomic E-state index is 11.1. The molecule has 0 N–H and O–H groups in total. The second-order valence-electron chi connectivity index (χ2n) is 3.48.